The first kappa shape index (κ1) is 33.4. The lowest BCUT2D eigenvalue weighted by Gasteiger charge is -2.23. The molecule has 2 heterocycles. The number of aromatic nitrogens is 2. The van der Waals surface area contributed by atoms with Crippen molar-refractivity contribution >= 4 is 55.0 Å². The highest BCUT2D eigenvalue weighted by Gasteiger charge is 2.39. The lowest BCUT2D eigenvalue weighted by molar-refractivity contribution is 0.661. The summed E-state index contributed by atoms with van der Waals surface area (Å²) >= 11 is 0. The molecular formula is C52H32N6. The van der Waals surface area contributed by atoms with E-state index in [2.05, 4.69) is 134 Å². The van der Waals surface area contributed by atoms with E-state index in [9.17, 15) is 10.5 Å². The molecular weight excluding hydrogens is 709 g/mol. The molecule has 0 N–H and O–H groups in total. The largest absolute Gasteiger partial charge is 0.329 e. The third-order valence-electron chi connectivity index (χ3n) is 13.0. The number of nitriles is 2. The van der Waals surface area contributed by atoms with Gasteiger partial charge in [0, 0.05) is 32.4 Å². The molecule has 7 aromatic carbocycles. The van der Waals surface area contributed by atoms with Crippen molar-refractivity contribution in [3.8, 4) is 45.8 Å². The summed E-state index contributed by atoms with van der Waals surface area (Å²) in [6, 6.07) is 46.6. The van der Waals surface area contributed by atoms with Crippen LogP contribution in [0.5, 0.6) is 0 Å². The van der Waals surface area contributed by atoms with E-state index in [4.69, 9.17) is 13.1 Å². The van der Waals surface area contributed by atoms with Crippen LogP contribution in [0.4, 0.5) is 11.4 Å². The monoisotopic (exact) mass is 740 g/mol. The molecule has 270 valence electrons. The average Bonchev–Trinajstić information content (AvgIpc) is 3.89. The molecule has 0 saturated heterocycles. The highest BCUT2D eigenvalue weighted by molar-refractivity contribution is 6.15. The van der Waals surface area contributed by atoms with Crippen LogP contribution in [0.25, 0.3) is 86.9 Å². The van der Waals surface area contributed by atoms with Crippen LogP contribution in [-0.4, -0.2) is 9.13 Å². The normalized spacial score (nSPS) is 14.1. The molecule has 11 rings (SSSR count). The first-order chi connectivity index (χ1) is 28.1. The molecule has 2 aromatic heterocycles. The van der Waals surface area contributed by atoms with E-state index in [1.54, 1.807) is 0 Å². The predicted molar refractivity (Wildman–Crippen MR) is 232 cm³/mol. The Kier molecular flexibility index (Phi) is 6.54. The number of rotatable bonds is 2. The van der Waals surface area contributed by atoms with E-state index in [0.29, 0.717) is 0 Å². The van der Waals surface area contributed by atoms with Crippen molar-refractivity contribution in [1.29, 1.82) is 10.5 Å². The minimum absolute atomic E-state index is 0.0352. The van der Waals surface area contributed by atoms with Gasteiger partial charge in [0.2, 0.25) is 11.4 Å². The molecule has 0 radical (unpaired) electrons. The minimum atomic E-state index is -0.308. The van der Waals surface area contributed by atoms with Crippen molar-refractivity contribution in [3.05, 3.63) is 178 Å². The Hall–Kier alpha value is -7.90. The van der Waals surface area contributed by atoms with Crippen LogP contribution in [0.15, 0.2) is 121 Å². The van der Waals surface area contributed by atoms with Crippen LogP contribution in [0.1, 0.15) is 61.1 Å². The maximum absolute atomic E-state index is 11.3. The minimum Gasteiger partial charge on any atom is -0.329 e. The van der Waals surface area contributed by atoms with Gasteiger partial charge in [-0.25, -0.2) is 9.69 Å². The van der Waals surface area contributed by atoms with E-state index in [1.165, 1.54) is 22.3 Å². The van der Waals surface area contributed by atoms with Gasteiger partial charge >= 0.3 is 0 Å². The van der Waals surface area contributed by atoms with Crippen LogP contribution in [0.2, 0.25) is 0 Å². The summed E-state index contributed by atoms with van der Waals surface area (Å²) in [4.78, 5) is 8.22. The molecule has 0 aliphatic heterocycles. The zero-order valence-corrected chi connectivity index (χ0v) is 32.2. The summed E-state index contributed by atoms with van der Waals surface area (Å²) < 4.78 is 3.90. The molecule has 58 heavy (non-hydrogen) atoms. The standard InChI is InChI=1S/C52H32N6/c1-51(2)39-19-11-7-15-29(39)33-23-35-31-17-9-13-21-43(31)57(45(35)25-41(33)51)49-37(27-53)47(55-5)50(48(56-6)38(49)28-54)58-44-22-14-10-18-32(44)36-24-34-30-16-8-12-20-40(30)52(3,4)42(34)26-46(36)58/h7-26H,1-4H3. The number of benzene rings is 7. The van der Waals surface area contributed by atoms with E-state index >= 15 is 0 Å². The smallest absolute Gasteiger partial charge is 0.219 e. The summed E-state index contributed by atoms with van der Waals surface area (Å²) in [5, 5.41) is 26.3. The van der Waals surface area contributed by atoms with Crippen LogP contribution < -0.4 is 0 Å². The molecule has 0 fully saturated rings. The van der Waals surface area contributed by atoms with E-state index in [-0.39, 0.29) is 44.7 Å². The van der Waals surface area contributed by atoms with E-state index in [1.807, 2.05) is 45.5 Å². The zero-order valence-electron chi connectivity index (χ0n) is 32.2. The maximum Gasteiger partial charge on any atom is 0.219 e. The summed E-state index contributed by atoms with van der Waals surface area (Å²) in [7, 11) is 0. The molecule has 0 amide bonds. The number of hydrogen-bond acceptors (Lipinski definition) is 2. The van der Waals surface area contributed by atoms with Gasteiger partial charge in [-0.2, -0.15) is 10.5 Å². The Balaban J connectivity index is 1.28. The number of nitrogens with zero attached hydrogens (tertiary/aromatic N) is 6. The van der Waals surface area contributed by atoms with Gasteiger partial charge in [0.25, 0.3) is 0 Å². The topological polar surface area (TPSA) is 66.2 Å². The van der Waals surface area contributed by atoms with Gasteiger partial charge in [0.05, 0.1) is 69.9 Å². The van der Waals surface area contributed by atoms with Gasteiger partial charge in [-0.1, -0.05) is 113 Å². The summed E-state index contributed by atoms with van der Waals surface area (Å²) in [6.07, 6.45) is 0. The second-order valence-electron chi connectivity index (χ2n) is 16.5. The Morgan fingerprint density at radius 3 is 1.28 bits per heavy atom. The third-order valence-corrected chi connectivity index (χ3v) is 13.0. The zero-order chi connectivity index (χ0) is 39.8. The molecule has 0 spiro atoms. The molecule has 2 aliphatic carbocycles. The van der Waals surface area contributed by atoms with Crippen molar-refractivity contribution in [1.82, 2.24) is 9.13 Å². The Bertz CT molecular complexity index is 3270. The SMILES string of the molecule is [C-]#[N+]c1c(C#N)c(-n2c3ccccc3c3cc4c(cc32)C(C)(C)c2ccccc2-4)c(C#N)c([N+]#[C-])c1-n1c2ccccc2c2cc3c(cc21)C(C)(C)c1ccccc1-3. The fourth-order valence-electron chi connectivity index (χ4n) is 10.4. The van der Waals surface area contributed by atoms with Gasteiger partial charge in [-0.15, -0.1) is 0 Å². The van der Waals surface area contributed by atoms with Crippen molar-refractivity contribution in [3.63, 3.8) is 0 Å². The summed E-state index contributed by atoms with van der Waals surface area (Å²) in [5.74, 6) is 0. The van der Waals surface area contributed by atoms with E-state index < -0.39 is 0 Å². The van der Waals surface area contributed by atoms with Gasteiger partial charge in [-0.05, 0) is 80.9 Å². The Labute approximate surface area is 335 Å². The number of fused-ring (bicyclic) bond motifs is 12. The van der Waals surface area contributed by atoms with Gasteiger partial charge in [0.1, 0.15) is 0 Å². The fourth-order valence-corrected chi connectivity index (χ4v) is 10.4. The quantitative estimate of drug-likeness (QED) is 0.166. The highest BCUT2D eigenvalue weighted by atomic mass is 15.1. The van der Waals surface area contributed by atoms with Crippen molar-refractivity contribution in [2.45, 2.75) is 38.5 Å². The van der Waals surface area contributed by atoms with Crippen LogP contribution >= 0.6 is 0 Å². The molecule has 0 unspecified atom stereocenters. The fraction of sp³-hybridized carbons (Fsp3) is 0.115. The lowest BCUT2D eigenvalue weighted by atomic mass is 9.82. The molecule has 0 saturated carbocycles. The number of hydrogen-bond donors (Lipinski definition) is 0. The van der Waals surface area contributed by atoms with E-state index in [0.717, 1.165) is 65.9 Å². The molecule has 0 atom stereocenters. The van der Waals surface area contributed by atoms with Gasteiger partial charge < -0.3 is 9.13 Å². The van der Waals surface area contributed by atoms with Gasteiger partial charge in [0.15, 0.2) is 0 Å². The first-order valence-corrected chi connectivity index (χ1v) is 19.3. The van der Waals surface area contributed by atoms with Crippen molar-refractivity contribution < 1.29 is 0 Å². The molecule has 9 aromatic rings. The predicted octanol–water partition coefficient (Wildman–Crippen LogP) is 13.3. The lowest BCUT2D eigenvalue weighted by Crippen LogP contribution is -2.15. The Morgan fingerprint density at radius 2 is 0.845 bits per heavy atom. The van der Waals surface area contributed by atoms with Crippen LogP contribution in [-0.2, 0) is 10.8 Å². The number of para-hydroxylation sites is 2. The Morgan fingerprint density at radius 1 is 0.448 bits per heavy atom. The second-order valence-corrected chi connectivity index (χ2v) is 16.5. The second kappa shape index (κ2) is 11.3. The molecule has 0 bridgehead atoms. The summed E-state index contributed by atoms with van der Waals surface area (Å²) in [6.45, 7) is 26.4. The molecule has 6 heteroatoms. The summed E-state index contributed by atoms with van der Waals surface area (Å²) in [5.41, 5.74) is 12.7. The third kappa shape index (κ3) is 3.96. The molecule has 6 nitrogen and oxygen atoms in total. The van der Waals surface area contributed by atoms with Crippen molar-refractivity contribution in [2.24, 2.45) is 0 Å². The van der Waals surface area contributed by atoms with Crippen LogP contribution in [0, 0.1) is 35.8 Å². The average molecular weight is 741 g/mol. The molecule has 2 aliphatic rings. The maximum atomic E-state index is 11.3. The van der Waals surface area contributed by atoms with Crippen molar-refractivity contribution in [2.75, 3.05) is 0 Å². The first-order valence-electron chi connectivity index (χ1n) is 19.3. The van der Waals surface area contributed by atoms with Crippen LogP contribution in [0.3, 0.4) is 0 Å². The van der Waals surface area contributed by atoms with Gasteiger partial charge in [-0.3, -0.25) is 0 Å². The highest BCUT2D eigenvalue weighted by Crippen LogP contribution is 2.55.